The van der Waals surface area contributed by atoms with E-state index in [-0.39, 0.29) is 17.1 Å². The van der Waals surface area contributed by atoms with Gasteiger partial charge in [0.15, 0.2) is 0 Å². The number of benzene rings is 2. The molecule has 166 valence electrons. The largest absolute Gasteiger partial charge is 0.308 e. The minimum absolute atomic E-state index is 0.136. The molecule has 1 N–H and O–H groups in total. The predicted octanol–water partition coefficient (Wildman–Crippen LogP) is 4.49. The van der Waals surface area contributed by atoms with Crippen molar-refractivity contribution >= 4 is 28.9 Å². The minimum Gasteiger partial charge on any atom is -0.308 e. The Morgan fingerprint density at radius 1 is 1.12 bits per heavy atom. The Balaban J connectivity index is 1.72. The van der Waals surface area contributed by atoms with Crippen molar-refractivity contribution in [3.8, 4) is 11.8 Å². The van der Waals surface area contributed by atoms with Gasteiger partial charge in [0.25, 0.3) is 11.8 Å². The van der Waals surface area contributed by atoms with Gasteiger partial charge in [-0.3, -0.25) is 9.59 Å². The summed E-state index contributed by atoms with van der Waals surface area (Å²) in [5, 5.41) is 17.1. The first-order valence-electron chi connectivity index (χ1n) is 10.9. The number of anilines is 2. The zero-order valence-corrected chi connectivity index (χ0v) is 18.9. The summed E-state index contributed by atoms with van der Waals surface area (Å²) in [6.45, 7) is 6.53. The Labute approximate surface area is 192 Å². The van der Waals surface area contributed by atoms with Crippen molar-refractivity contribution in [2.45, 2.75) is 27.2 Å². The van der Waals surface area contributed by atoms with Gasteiger partial charge in [-0.25, -0.2) is 4.68 Å². The molecule has 1 aromatic heterocycles. The highest BCUT2D eigenvalue weighted by atomic mass is 16.2. The number of nitriles is 1. The van der Waals surface area contributed by atoms with Gasteiger partial charge in [0.05, 0.1) is 22.6 Å². The van der Waals surface area contributed by atoms with Gasteiger partial charge in [0, 0.05) is 18.2 Å². The van der Waals surface area contributed by atoms with E-state index in [1.54, 1.807) is 27.8 Å². The zero-order chi connectivity index (χ0) is 23.5. The number of aromatic nitrogens is 2. The Hall–Kier alpha value is -4.18. The second-order valence-corrected chi connectivity index (χ2v) is 8.39. The fraction of sp³-hybridized carbons (Fsp3) is 0.231. The highest BCUT2D eigenvalue weighted by Crippen LogP contribution is 2.38. The van der Waals surface area contributed by atoms with Crippen LogP contribution in [-0.2, 0) is 9.59 Å². The molecule has 3 aromatic rings. The van der Waals surface area contributed by atoms with Crippen molar-refractivity contribution in [2.24, 2.45) is 5.92 Å². The number of nitrogens with one attached hydrogen (secondary N) is 1. The first-order chi connectivity index (χ1) is 15.9. The van der Waals surface area contributed by atoms with E-state index >= 15 is 0 Å². The van der Waals surface area contributed by atoms with Crippen LogP contribution in [0.1, 0.15) is 31.5 Å². The molecule has 33 heavy (non-hydrogen) atoms. The lowest BCUT2D eigenvalue weighted by atomic mass is 10.0. The summed E-state index contributed by atoms with van der Waals surface area (Å²) in [6.07, 6.45) is 0.816. The van der Waals surface area contributed by atoms with Crippen LogP contribution in [0.3, 0.4) is 0 Å². The highest BCUT2D eigenvalue weighted by Gasteiger charge is 2.36. The maximum Gasteiger partial charge on any atom is 0.268 e. The number of rotatable bonds is 6. The molecule has 4 rings (SSSR count). The van der Waals surface area contributed by atoms with E-state index in [2.05, 4.69) is 24.3 Å². The lowest BCUT2D eigenvalue weighted by molar-refractivity contribution is -0.114. The molecule has 2 amide bonds. The molecule has 0 aliphatic carbocycles. The Morgan fingerprint density at radius 3 is 2.52 bits per heavy atom. The van der Waals surface area contributed by atoms with Crippen molar-refractivity contribution in [1.29, 1.82) is 5.26 Å². The van der Waals surface area contributed by atoms with Crippen LogP contribution < -0.4 is 10.2 Å². The summed E-state index contributed by atoms with van der Waals surface area (Å²) < 4.78 is 1.60. The third-order valence-corrected chi connectivity index (χ3v) is 5.52. The fourth-order valence-corrected chi connectivity index (χ4v) is 3.88. The Morgan fingerprint density at radius 2 is 1.82 bits per heavy atom. The fourth-order valence-electron chi connectivity index (χ4n) is 3.88. The second kappa shape index (κ2) is 9.13. The van der Waals surface area contributed by atoms with Crippen LogP contribution in [0.2, 0.25) is 0 Å². The molecule has 0 saturated heterocycles. The Kier molecular flexibility index (Phi) is 6.09. The van der Waals surface area contributed by atoms with Crippen molar-refractivity contribution in [1.82, 2.24) is 9.78 Å². The summed E-state index contributed by atoms with van der Waals surface area (Å²) in [5.74, 6) is -0.125. The minimum atomic E-state index is -0.640. The predicted molar refractivity (Wildman–Crippen MR) is 128 cm³/mol. The van der Waals surface area contributed by atoms with Crippen LogP contribution in [0, 0.1) is 24.2 Å². The monoisotopic (exact) mass is 439 g/mol. The van der Waals surface area contributed by atoms with E-state index in [1.807, 2.05) is 55.5 Å². The van der Waals surface area contributed by atoms with Crippen molar-refractivity contribution in [3.63, 3.8) is 0 Å². The average Bonchev–Trinajstić information content (AvgIpc) is 3.30. The molecule has 0 radical (unpaired) electrons. The number of amides is 2. The molecule has 1 aliphatic rings. The van der Waals surface area contributed by atoms with Crippen LogP contribution in [0.5, 0.6) is 0 Å². The van der Waals surface area contributed by atoms with Gasteiger partial charge in [0.1, 0.15) is 17.5 Å². The topological polar surface area (TPSA) is 91.0 Å². The van der Waals surface area contributed by atoms with E-state index in [9.17, 15) is 14.9 Å². The molecule has 0 saturated carbocycles. The van der Waals surface area contributed by atoms with Gasteiger partial charge in [-0.2, -0.15) is 10.4 Å². The number of hydrogen-bond acceptors (Lipinski definition) is 4. The molecule has 0 atom stereocenters. The van der Waals surface area contributed by atoms with E-state index in [1.165, 1.54) is 0 Å². The number of para-hydroxylation sites is 2. The molecular formula is C26H25N5O2. The first kappa shape index (κ1) is 22.0. The second-order valence-electron chi connectivity index (χ2n) is 8.39. The van der Waals surface area contributed by atoms with Gasteiger partial charge < -0.3 is 10.2 Å². The van der Waals surface area contributed by atoms with Gasteiger partial charge in [-0.1, -0.05) is 50.2 Å². The van der Waals surface area contributed by atoms with E-state index in [4.69, 9.17) is 0 Å². The number of carbonyl (C=O) groups is 2. The third-order valence-electron chi connectivity index (χ3n) is 5.52. The molecule has 7 heteroatoms. The van der Waals surface area contributed by atoms with Gasteiger partial charge in [-0.15, -0.1) is 0 Å². The van der Waals surface area contributed by atoms with Crippen molar-refractivity contribution in [2.75, 3.05) is 16.8 Å². The number of hydrogen-bond donors (Lipinski definition) is 1. The highest BCUT2D eigenvalue weighted by molar-refractivity contribution is 6.37. The van der Waals surface area contributed by atoms with Crippen LogP contribution in [0.4, 0.5) is 11.5 Å². The SMILES string of the molecule is Cc1cc(NC(=O)C(C#N)=C2C(=O)N(CCC(C)C)c3ccccc32)n(-c2ccccc2)n1. The smallest absolute Gasteiger partial charge is 0.268 e. The molecule has 0 unspecified atom stereocenters. The maximum absolute atomic E-state index is 13.3. The molecule has 1 aliphatic heterocycles. The maximum atomic E-state index is 13.3. The average molecular weight is 440 g/mol. The van der Waals surface area contributed by atoms with Crippen molar-refractivity contribution in [3.05, 3.63) is 77.5 Å². The quantitative estimate of drug-likeness (QED) is 0.453. The van der Waals surface area contributed by atoms with Crippen LogP contribution in [-0.4, -0.2) is 28.1 Å². The van der Waals surface area contributed by atoms with Crippen LogP contribution >= 0.6 is 0 Å². The molecular weight excluding hydrogens is 414 g/mol. The normalized spacial score (nSPS) is 14.3. The van der Waals surface area contributed by atoms with E-state index in [0.717, 1.165) is 17.8 Å². The molecule has 2 aromatic carbocycles. The number of aryl methyl sites for hydroxylation is 1. The van der Waals surface area contributed by atoms with Crippen LogP contribution in [0.25, 0.3) is 11.3 Å². The first-order valence-corrected chi connectivity index (χ1v) is 10.9. The van der Waals surface area contributed by atoms with Crippen LogP contribution in [0.15, 0.2) is 66.2 Å². The van der Waals surface area contributed by atoms with E-state index < -0.39 is 5.91 Å². The molecule has 0 spiro atoms. The number of nitrogens with zero attached hydrogens (tertiary/aromatic N) is 4. The molecule has 0 bridgehead atoms. The molecule has 2 heterocycles. The van der Waals surface area contributed by atoms with Crippen molar-refractivity contribution < 1.29 is 9.59 Å². The number of carbonyl (C=O) groups excluding carboxylic acids is 2. The lowest BCUT2D eigenvalue weighted by Gasteiger charge is -2.18. The summed E-state index contributed by atoms with van der Waals surface area (Å²) in [4.78, 5) is 28.3. The summed E-state index contributed by atoms with van der Waals surface area (Å²) in [7, 11) is 0. The van der Waals surface area contributed by atoms with Gasteiger partial charge >= 0.3 is 0 Å². The molecule has 0 fully saturated rings. The zero-order valence-electron chi connectivity index (χ0n) is 18.9. The third kappa shape index (κ3) is 4.28. The number of fused-ring (bicyclic) bond motifs is 1. The summed E-state index contributed by atoms with van der Waals surface area (Å²) in [6, 6.07) is 20.4. The van der Waals surface area contributed by atoms with Gasteiger partial charge in [0.2, 0.25) is 0 Å². The molecule has 7 nitrogen and oxygen atoms in total. The Bertz CT molecular complexity index is 1280. The summed E-state index contributed by atoms with van der Waals surface area (Å²) >= 11 is 0. The lowest BCUT2D eigenvalue weighted by Crippen LogP contribution is -2.29. The van der Waals surface area contributed by atoms with Gasteiger partial charge in [-0.05, 0) is 37.5 Å². The summed E-state index contributed by atoms with van der Waals surface area (Å²) in [5.41, 5.74) is 2.74. The standard InChI is InChI=1S/C26H25N5O2/c1-17(2)13-14-30-22-12-8-7-11-20(22)24(26(30)33)21(16-27)25(32)28-23-15-18(3)29-31(23)19-9-5-4-6-10-19/h4-12,15,17H,13-14H2,1-3H3,(H,28,32). The van der Waals surface area contributed by atoms with E-state index in [0.29, 0.717) is 29.5 Å².